The number of rotatable bonds is 12. The number of aromatic nitrogens is 3. The fourth-order valence-electron chi connectivity index (χ4n) is 4.96. The smallest absolute Gasteiger partial charge is 0.277 e. The van der Waals surface area contributed by atoms with Crippen LogP contribution in [0.2, 0.25) is 0 Å². The summed E-state index contributed by atoms with van der Waals surface area (Å²) in [5.74, 6) is -0.145. The molecule has 2 aromatic carbocycles. The molecule has 0 saturated heterocycles. The molecule has 43 heavy (non-hydrogen) atoms. The Morgan fingerprint density at radius 2 is 1.79 bits per heavy atom. The van der Waals surface area contributed by atoms with Crippen LogP contribution in [0.4, 0.5) is 4.39 Å². The van der Waals surface area contributed by atoms with Crippen LogP contribution in [-0.4, -0.2) is 40.5 Å². The van der Waals surface area contributed by atoms with Crippen molar-refractivity contribution in [1.29, 1.82) is 0 Å². The molecule has 2 aromatic heterocycles. The maximum atomic E-state index is 15.7. The molecular formula is C32H40FN5O4S. The SMILES string of the molecule is CCCCNC(=O)Cn1ccc2nc(CCC)n(Cc3ccc(-c4ccccc4S(=O)(=O)NC(C)(C)C)cc3F)c2c1=O. The fraction of sp³-hybridized carbons (Fsp3) is 0.406. The first kappa shape index (κ1) is 32.1. The molecule has 0 atom stereocenters. The summed E-state index contributed by atoms with van der Waals surface area (Å²) in [5.41, 5.74) is 0.837. The van der Waals surface area contributed by atoms with Gasteiger partial charge in [0.1, 0.15) is 23.7 Å². The van der Waals surface area contributed by atoms with Gasteiger partial charge in [0.15, 0.2) is 0 Å². The maximum Gasteiger partial charge on any atom is 0.277 e. The van der Waals surface area contributed by atoms with E-state index in [1.165, 1.54) is 16.7 Å². The van der Waals surface area contributed by atoms with Gasteiger partial charge in [-0.25, -0.2) is 22.5 Å². The summed E-state index contributed by atoms with van der Waals surface area (Å²) in [4.78, 5) is 30.7. The Balaban J connectivity index is 1.71. The zero-order chi connectivity index (χ0) is 31.4. The van der Waals surface area contributed by atoms with Gasteiger partial charge in [-0.3, -0.25) is 9.59 Å². The van der Waals surface area contributed by atoms with Crippen LogP contribution in [0.15, 0.2) is 64.4 Å². The molecule has 0 bridgehead atoms. The summed E-state index contributed by atoms with van der Waals surface area (Å²) < 4.78 is 47.7. The highest BCUT2D eigenvalue weighted by molar-refractivity contribution is 7.89. The lowest BCUT2D eigenvalue weighted by Gasteiger charge is -2.21. The number of aryl methyl sites for hydroxylation is 1. The number of halogens is 1. The van der Waals surface area contributed by atoms with Crippen molar-refractivity contribution in [1.82, 2.24) is 24.2 Å². The molecule has 0 fully saturated rings. The van der Waals surface area contributed by atoms with Crippen LogP contribution >= 0.6 is 0 Å². The minimum atomic E-state index is -3.87. The Morgan fingerprint density at radius 3 is 2.47 bits per heavy atom. The minimum Gasteiger partial charge on any atom is -0.355 e. The van der Waals surface area contributed by atoms with Gasteiger partial charge in [-0.15, -0.1) is 0 Å². The number of amides is 1. The highest BCUT2D eigenvalue weighted by Gasteiger charge is 2.25. The fourth-order valence-corrected chi connectivity index (χ4v) is 6.61. The minimum absolute atomic E-state index is 0.0470. The van der Waals surface area contributed by atoms with Crippen molar-refractivity contribution in [3.05, 3.63) is 82.3 Å². The van der Waals surface area contributed by atoms with Crippen LogP contribution in [0.25, 0.3) is 22.2 Å². The number of benzene rings is 2. The topological polar surface area (TPSA) is 115 Å². The maximum absolute atomic E-state index is 15.7. The number of sulfonamides is 1. The van der Waals surface area contributed by atoms with Crippen LogP contribution in [0, 0.1) is 5.82 Å². The molecule has 4 aromatic rings. The molecule has 230 valence electrons. The molecule has 2 heterocycles. The Morgan fingerprint density at radius 1 is 1.05 bits per heavy atom. The van der Waals surface area contributed by atoms with Gasteiger partial charge >= 0.3 is 0 Å². The number of carbonyl (C=O) groups is 1. The van der Waals surface area contributed by atoms with Crippen molar-refractivity contribution in [3.63, 3.8) is 0 Å². The summed E-state index contributed by atoms with van der Waals surface area (Å²) in [6, 6.07) is 12.8. The summed E-state index contributed by atoms with van der Waals surface area (Å²) in [5, 5.41) is 2.83. The molecule has 1 amide bonds. The number of nitrogens with zero attached hydrogens (tertiary/aromatic N) is 3. The number of carbonyl (C=O) groups excluding carboxylic acids is 1. The van der Waals surface area contributed by atoms with E-state index in [1.54, 1.807) is 67.9 Å². The van der Waals surface area contributed by atoms with Crippen molar-refractivity contribution >= 4 is 27.0 Å². The van der Waals surface area contributed by atoms with E-state index in [0.29, 0.717) is 46.5 Å². The lowest BCUT2D eigenvalue weighted by molar-refractivity contribution is -0.121. The Labute approximate surface area is 252 Å². The standard InChI is InChI=1S/C32H40FN5O4S/c1-6-8-17-34-29(39)21-37-18-16-26-30(31(37)40)38(28(35-26)11-7-2)20-23-15-14-22(19-25(23)33)24-12-9-10-13-27(24)43(41,42)36-32(3,4)5/h9-10,12-16,18-19,36H,6-8,11,17,20-21H2,1-5H3,(H,34,39). The average Bonchev–Trinajstić information content (AvgIpc) is 3.28. The van der Waals surface area contributed by atoms with Crippen LogP contribution in [-0.2, 0) is 34.3 Å². The third kappa shape index (κ3) is 7.58. The quantitative estimate of drug-likeness (QED) is 0.220. The molecule has 0 aliphatic heterocycles. The van der Waals surface area contributed by atoms with Gasteiger partial charge in [0.05, 0.1) is 17.0 Å². The zero-order valence-corrected chi connectivity index (χ0v) is 26.2. The van der Waals surface area contributed by atoms with Gasteiger partial charge in [0, 0.05) is 35.8 Å². The summed E-state index contributed by atoms with van der Waals surface area (Å²) >= 11 is 0. The molecule has 9 nitrogen and oxygen atoms in total. The largest absolute Gasteiger partial charge is 0.355 e. The normalized spacial score (nSPS) is 12.1. The number of fused-ring (bicyclic) bond motifs is 1. The predicted molar refractivity (Wildman–Crippen MR) is 167 cm³/mol. The van der Waals surface area contributed by atoms with E-state index in [1.807, 2.05) is 13.8 Å². The number of pyridine rings is 1. The first-order valence-electron chi connectivity index (χ1n) is 14.6. The molecule has 2 N–H and O–H groups in total. The van der Waals surface area contributed by atoms with Crippen LogP contribution in [0.5, 0.6) is 0 Å². The summed E-state index contributed by atoms with van der Waals surface area (Å²) in [6.45, 7) is 9.77. The Hall–Kier alpha value is -3.83. The lowest BCUT2D eigenvalue weighted by atomic mass is 10.0. The number of hydrogen-bond donors (Lipinski definition) is 2. The molecule has 0 aliphatic rings. The third-order valence-corrected chi connectivity index (χ3v) is 8.72. The Kier molecular flexibility index (Phi) is 9.86. The second-order valence-corrected chi connectivity index (χ2v) is 13.4. The van der Waals surface area contributed by atoms with Gasteiger partial charge < -0.3 is 14.5 Å². The van der Waals surface area contributed by atoms with E-state index in [2.05, 4.69) is 15.0 Å². The van der Waals surface area contributed by atoms with E-state index in [-0.39, 0.29) is 29.5 Å². The number of imidazole rings is 1. The molecule has 0 spiro atoms. The van der Waals surface area contributed by atoms with Crippen molar-refractivity contribution in [2.24, 2.45) is 0 Å². The molecule has 0 radical (unpaired) electrons. The second-order valence-electron chi connectivity index (χ2n) is 11.7. The zero-order valence-electron chi connectivity index (χ0n) is 25.4. The van der Waals surface area contributed by atoms with E-state index in [9.17, 15) is 18.0 Å². The molecule has 4 rings (SSSR count). The van der Waals surface area contributed by atoms with Crippen molar-refractivity contribution < 1.29 is 17.6 Å². The van der Waals surface area contributed by atoms with E-state index < -0.39 is 21.4 Å². The predicted octanol–water partition coefficient (Wildman–Crippen LogP) is 5.00. The molecule has 0 unspecified atom stereocenters. The van der Waals surface area contributed by atoms with Crippen molar-refractivity contribution in [2.45, 2.75) is 83.8 Å². The molecule has 0 saturated carbocycles. The van der Waals surface area contributed by atoms with E-state index >= 15 is 4.39 Å². The monoisotopic (exact) mass is 609 g/mol. The van der Waals surface area contributed by atoms with E-state index in [0.717, 1.165) is 19.3 Å². The van der Waals surface area contributed by atoms with Gasteiger partial charge in [-0.05, 0) is 57.4 Å². The van der Waals surface area contributed by atoms with Crippen LogP contribution in [0.1, 0.15) is 65.3 Å². The number of hydrogen-bond acceptors (Lipinski definition) is 5. The van der Waals surface area contributed by atoms with E-state index in [4.69, 9.17) is 0 Å². The van der Waals surface area contributed by atoms with Crippen LogP contribution < -0.4 is 15.6 Å². The van der Waals surface area contributed by atoms with Crippen molar-refractivity contribution in [3.8, 4) is 11.1 Å². The van der Waals surface area contributed by atoms with Gasteiger partial charge in [0.25, 0.3) is 5.56 Å². The molecule has 11 heteroatoms. The first-order chi connectivity index (χ1) is 20.3. The van der Waals surface area contributed by atoms with Gasteiger partial charge in [0.2, 0.25) is 15.9 Å². The Bertz CT molecular complexity index is 1790. The number of nitrogens with one attached hydrogen (secondary N) is 2. The van der Waals surface area contributed by atoms with Gasteiger partial charge in [-0.1, -0.05) is 50.6 Å². The van der Waals surface area contributed by atoms with Gasteiger partial charge in [-0.2, -0.15) is 0 Å². The first-order valence-corrected chi connectivity index (χ1v) is 16.1. The average molecular weight is 610 g/mol. The number of unbranched alkanes of at least 4 members (excludes halogenated alkanes) is 1. The highest BCUT2D eigenvalue weighted by atomic mass is 32.2. The lowest BCUT2D eigenvalue weighted by Crippen LogP contribution is -2.40. The third-order valence-electron chi connectivity index (χ3n) is 6.90. The molecule has 0 aliphatic carbocycles. The summed E-state index contributed by atoms with van der Waals surface area (Å²) in [7, 11) is -3.87. The second kappa shape index (κ2) is 13.2. The van der Waals surface area contributed by atoms with Crippen molar-refractivity contribution in [2.75, 3.05) is 6.54 Å². The molecular weight excluding hydrogens is 569 g/mol. The highest BCUT2D eigenvalue weighted by Crippen LogP contribution is 2.30. The van der Waals surface area contributed by atoms with Crippen LogP contribution in [0.3, 0.4) is 0 Å². The summed E-state index contributed by atoms with van der Waals surface area (Å²) in [6.07, 6.45) is 4.71.